The van der Waals surface area contributed by atoms with E-state index in [1.54, 1.807) is 10.8 Å². The molecule has 0 spiro atoms. The number of benzene rings is 1. The smallest absolute Gasteiger partial charge is 0.258 e. The third-order valence-corrected chi connectivity index (χ3v) is 3.26. The van der Waals surface area contributed by atoms with E-state index in [2.05, 4.69) is 0 Å². The van der Waals surface area contributed by atoms with Crippen molar-refractivity contribution in [3.8, 4) is 0 Å². The molecule has 1 unspecified atom stereocenters. The second-order valence-corrected chi connectivity index (χ2v) is 5.74. The molecule has 1 heterocycles. The van der Waals surface area contributed by atoms with Crippen LogP contribution < -0.4 is 5.56 Å². The molecule has 2 rings (SSSR count). The summed E-state index contributed by atoms with van der Waals surface area (Å²) in [6.45, 7) is 6.21. The molecule has 0 amide bonds. The van der Waals surface area contributed by atoms with Gasteiger partial charge in [-0.15, -0.1) is 0 Å². The van der Waals surface area contributed by atoms with Gasteiger partial charge in [0.2, 0.25) is 0 Å². The fourth-order valence-corrected chi connectivity index (χ4v) is 1.83. The van der Waals surface area contributed by atoms with Crippen LogP contribution in [-0.2, 0) is 6.54 Å². The zero-order valence-corrected chi connectivity index (χ0v) is 11.1. The van der Waals surface area contributed by atoms with Gasteiger partial charge in [-0.1, -0.05) is 39.0 Å². The van der Waals surface area contributed by atoms with E-state index in [0.29, 0.717) is 11.9 Å². The average molecular weight is 245 g/mol. The molecule has 0 aliphatic carbocycles. The highest BCUT2D eigenvalue weighted by molar-refractivity contribution is 5.81. The van der Waals surface area contributed by atoms with Gasteiger partial charge in [-0.05, 0) is 22.9 Å². The first-order chi connectivity index (χ1) is 8.39. The Bertz CT molecular complexity index is 608. The van der Waals surface area contributed by atoms with E-state index in [1.807, 2.05) is 51.1 Å². The number of aromatic nitrogens is 1. The van der Waals surface area contributed by atoms with E-state index in [1.165, 1.54) is 0 Å². The molecule has 0 aliphatic heterocycles. The fraction of sp³-hybridized carbons (Fsp3) is 0.400. The highest BCUT2D eigenvalue weighted by Gasteiger charge is 2.22. The van der Waals surface area contributed by atoms with Crippen molar-refractivity contribution in [2.75, 3.05) is 0 Å². The summed E-state index contributed by atoms with van der Waals surface area (Å²) in [5, 5.41) is 11.7. The summed E-state index contributed by atoms with van der Waals surface area (Å²) in [6, 6.07) is 9.41. The number of rotatable bonds is 2. The normalized spacial score (nSPS) is 13.8. The third-order valence-electron chi connectivity index (χ3n) is 3.26. The van der Waals surface area contributed by atoms with Crippen molar-refractivity contribution >= 4 is 10.8 Å². The lowest BCUT2D eigenvalue weighted by molar-refractivity contribution is 0.0473. The zero-order valence-electron chi connectivity index (χ0n) is 11.1. The molecule has 2 aromatic rings. The van der Waals surface area contributed by atoms with E-state index < -0.39 is 6.10 Å². The molecular weight excluding hydrogens is 226 g/mol. The number of hydrogen-bond acceptors (Lipinski definition) is 2. The Morgan fingerprint density at radius 3 is 2.56 bits per heavy atom. The van der Waals surface area contributed by atoms with Crippen LogP contribution in [-0.4, -0.2) is 15.8 Å². The lowest BCUT2D eigenvalue weighted by Crippen LogP contribution is -2.34. The van der Waals surface area contributed by atoms with Crippen molar-refractivity contribution in [2.24, 2.45) is 5.41 Å². The fourth-order valence-electron chi connectivity index (χ4n) is 1.83. The second-order valence-electron chi connectivity index (χ2n) is 5.74. The van der Waals surface area contributed by atoms with Crippen LogP contribution in [0.2, 0.25) is 0 Å². The summed E-state index contributed by atoms with van der Waals surface area (Å²) in [5.74, 6) is 0. The molecule has 1 N–H and O–H groups in total. The van der Waals surface area contributed by atoms with Crippen LogP contribution in [0.15, 0.2) is 41.3 Å². The second kappa shape index (κ2) is 4.58. The molecule has 3 heteroatoms. The van der Waals surface area contributed by atoms with Crippen LogP contribution in [0.25, 0.3) is 10.8 Å². The number of pyridine rings is 1. The van der Waals surface area contributed by atoms with Gasteiger partial charge in [-0.25, -0.2) is 0 Å². The molecule has 0 bridgehead atoms. The van der Waals surface area contributed by atoms with E-state index >= 15 is 0 Å². The molecule has 1 aromatic heterocycles. The van der Waals surface area contributed by atoms with Gasteiger partial charge < -0.3 is 9.67 Å². The lowest BCUT2D eigenvalue weighted by Gasteiger charge is -2.26. The van der Waals surface area contributed by atoms with Gasteiger partial charge in [-0.2, -0.15) is 0 Å². The first-order valence-electron chi connectivity index (χ1n) is 6.16. The Kier molecular flexibility index (Phi) is 3.26. The van der Waals surface area contributed by atoms with E-state index in [-0.39, 0.29) is 11.0 Å². The van der Waals surface area contributed by atoms with Gasteiger partial charge in [0.05, 0.1) is 12.6 Å². The summed E-state index contributed by atoms with van der Waals surface area (Å²) in [5.41, 5.74) is -0.276. The van der Waals surface area contributed by atoms with Crippen LogP contribution in [0.4, 0.5) is 0 Å². The Morgan fingerprint density at radius 1 is 1.22 bits per heavy atom. The maximum atomic E-state index is 12.2. The Morgan fingerprint density at radius 2 is 1.89 bits per heavy atom. The van der Waals surface area contributed by atoms with Gasteiger partial charge in [-0.3, -0.25) is 4.79 Å². The van der Waals surface area contributed by atoms with Crippen molar-refractivity contribution in [1.82, 2.24) is 4.57 Å². The molecule has 18 heavy (non-hydrogen) atoms. The van der Waals surface area contributed by atoms with E-state index in [0.717, 1.165) is 5.39 Å². The van der Waals surface area contributed by atoms with Gasteiger partial charge in [0, 0.05) is 11.6 Å². The molecule has 1 aromatic carbocycles. The van der Waals surface area contributed by atoms with Crippen molar-refractivity contribution in [3.05, 3.63) is 46.9 Å². The number of aliphatic hydroxyl groups excluding tert-OH is 1. The largest absolute Gasteiger partial charge is 0.391 e. The van der Waals surface area contributed by atoms with Crippen LogP contribution in [0.5, 0.6) is 0 Å². The van der Waals surface area contributed by atoms with Crippen molar-refractivity contribution in [3.63, 3.8) is 0 Å². The summed E-state index contributed by atoms with van der Waals surface area (Å²) in [7, 11) is 0. The van der Waals surface area contributed by atoms with Crippen molar-refractivity contribution < 1.29 is 5.11 Å². The maximum Gasteiger partial charge on any atom is 0.258 e. The number of aliphatic hydroxyl groups is 1. The third kappa shape index (κ3) is 2.46. The Balaban J connectivity index is 2.41. The van der Waals surface area contributed by atoms with Gasteiger partial charge >= 0.3 is 0 Å². The lowest BCUT2D eigenvalue weighted by atomic mass is 9.89. The summed E-state index contributed by atoms with van der Waals surface area (Å²) < 4.78 is 1.58. The molecule has 0 saturated carbocycles. The molecule has 0 fully saturated rings. The highest BCUT2D eigenvalue weighted by Crippen LogP contribution is 2.20. The topological polar surface area (TPSA) is 42.2 Å². The minimum atomic E-state index is -0.545. The number of hydrogen-bond donors (Lipinski definition) is 1. The van der Waals surface area contributed by atoms with Crippen LogP contribution in [0.3, 0.4) is 0 Å². The van der Waals surface area contributed by atoms with Crippen LogP contribution >= 0.6 is 0 Å². The molecule has 0 saturated heterocycles. The van der Waals surface area contributed by atoms with Crippen LogP contribution in [0, 0.1) is 5.41 Å². The minimum Gasteiger partial charge on any atom is -0.391 e. The highest BCUT2D eigenvalue weighted by atomic mass is 16.3. The summed E-state index contributed by atoms with van der Waals surface area (Å²) in [4.78, 5) is 12.2. The predicted molar refractivity (Wildman–Crippen MR) is 73.7 cm³/mol. The van der Waals surface area contributed by atoms with Gasteiger partial charge in [0.15, 0.2) is 0 Å². The monoisotopic (exact) mass is 245 g/mol. The number of fused-ring (bicyclic) bond motifs is 1. The molecule has 3 nitrogen and oxygen atoms in total. The Hall–Kier alpha value is -1.61. The molecular formula is C15H19NO2. The van der Waals surface area contributed by atoms with Crippen molar-refractivity contribution in [1.29, 1.82) is 0 Å². The minimum absolute atomic E-state index is 0.0450. The van der Waals surface area contributed by atoms with Crippen molar-refractivity contribution in [2.45, 2.75) is 33.4 Å². The van der Waals surface area contributed by atoms with Gasteiger partial charge in [0.25, 0.3) is 5.56 Å². The predicted octanol–water partition coefficient (Wildman–Crippen LogP) is 2.41. The zero-order chi connectivity index (χ0) is 13.3. The van der Waals surface area contributed by atoms with Gasteiger partial charge in [0.1, 0.15) is 0 Å². The quantitative estimate of drug-likeness (QED) is 0.882. The Labute approximate surface area is 107 Å². The summed E-state index contributed by atoms with van der Waals surface area (Å²) in [6.07, 6.45) is 1.20. The first-order valence-corrected chi connectivity index (χ1v) is 6.16. The van der Waals surface area contributed by atoms with E-state index in [4.69, 9.17) is 0 Å². The summed E-state index contributed by atoms with van der Waals surface area (Å²) >= 11 is 0. The molecule has 0 aliphatic rings. The molecule has 0 radical (unpaired) electrons. The number of nitrogens with zero attached hydrogens (tertiary/aromatic N) is 1. The first kappa shape index (κ1) is 12.8. The molecule has 1 atom stereocenters. The standard InChI is InChI=1S/C15H19NO2/c1-15(2,3)13(17)10-16-9-8-11-6-4-5-7-12(11)14(16)18/h4-9,13,17H,10H2,1-3H3. The maximum absolute atomic E-state index is 12.2. The average Bonchev–Trinajstić information content (AvgIpc) is 2.32. The van der Waals surface area contributed by atoms with E-state index in [9.17, 15) is 9.90 Å². The SMILES string of the molecule is CC(C)(C)C(O)Cn1ccc2ccccc2c1=O. The molecule has 96 valence electrons. The van der Waals surface area contributed by atoms with Crippen LogP contribution in [0.1, 0.15) is 20.8 Å².